The summed E-state index contributed by atoms with van der Waals surface area (Å²) in [7, 11) is 0. The average Bonchev–Trinajstić information content (AvgIpc) is 2.85. The summed E-state index contributed by atoms with van der Waals surface area (Å²) in [5, 5.41) is 0. The third-order valence-corrected chi connectivity index (χ3v) is 5.02. The number of amides is 1. The first-order chi connectivity index (χ1) is 13.8. The second kappa shape index (κ2) is 7.51. The van der Waals surface area contributed by atoms with Gasteiger partial charge >= 0.3 is 6.18 Å². The summed E-state index contributed by atoms with van der Waals surface area (Å²) >= 11 is 0. The van der Waals surface area contributed by atoms with E-state index in [4.69, 9.17) is 15.2 Å². The van der Waals surface area contributed by atoms with Gasteiger partial charge in [-0.05, 0) is 42.5 Å². The molecule has 0 fully saturated rings. The van der Waals surface area contributed by atoms with Gasteiger partial charge in [-0.1, -0.05) is 6.07 Å². The quantitative estimate of drug-likeness (QED) is 0.840. The van der Waals surface area contributed by atoms with Gasteiger partial charge in [0.05, 0.1) is 12.6 Å². The number of carbonyl (C=O) groups is 1. The Morgan fingerprint density at radius 3 is 2.90 bits per heavy atom. The Balaban J connectivity index is 1.54. The van der Waals surface area contributed by atoms with Crippen LogP contribution in [-0.4, -0.2) is 47.9 Å². The van der Waals surface area contributed by atoms with Crippen LogP contribution in [0, 0.1) is 0 Å². The molecule has 2 heterocycles. The van der Waals surface area contributed by atoms with Crippen LogP contribution in [0.5, 0.6) is 5.88 Å². The van der Waals surface area contributed by atoms with Crippen molar-refractivity contribution in [3.8, 4) is 5.88 Å². The van der Waals surface area contributed by atoms with Crippen molar-refractivity contribution in [2.24, 2.45) is 0 Å². The van der Waals surface area contributed by atoms with Crippen LogP contribution in [0.4, 0.5) is 24.7 Å². The molecule has 7 nitrogen and oxygen atoms in total. The Morgan fingerprint density at radius 1 is 1.28 bits per heavy atom. The zero-order chi connectivity index (χ0) is 20.6. The molecule has 1 atom stereocenters. The fourth-order valence-corrected chi connectivity index (χ4v) is 3.64. The summed E-state index contributed by atoms with van der Waals surface area (Å²) in [5.74, 6) is -0.139. The van der Waals surface area contributed by atoms with Crippen molar-refractivity contribution in [3.63, 3.8) is 0 Å². The molecular weight excluding hydrogens is 389 g/mol. The molecule has 29 heavy (non-hydrogen) atoms. The molecule has 0 bridgehead atoms. The van der Waals surface area contributed by atoms with Gasteiger partial charge in [-0.25, -0.2) is 9.97 Å². The van der Waals surface area contributed by atoms with Crippen molar-refractivity contribution in [2.75, 3.05) is 30.4 Å². The Labute approximate surface area is 164 Å². The SMILES string of the molecule is Nc1ncnc2c1C(=O)N(c1ccc3c(c1)CC[C@H](OCC(F)(F)F)C3)CCO2. The Kier molecular flexibility index (Phi) is 5.03. The molecule has 154 valence electrons. The van der Waals surface area contributed by atoms with Crippen molar-refractivity contribution < 1.29 is 27.4 Å². The molecule has 4 rings (SSSR count). The number of carbonyl (C=O) groups excluding carboxylic acids is 1. The number of benzene rings is 1. The standard InChI is InChI=1S/C19H19F3N4O3/c20-19(21,22)9-29-14-4-2-11-7-13(3-1-12(11)8-14)26-5-6-28-17-15(18(26)27)16(23)24-10-25-17/h1,3,7,10,14H,2,4-6,8-9H2,(H2,23,24,25)/t14-/m0/s1. The van der Waals surface area contributed by atoms with Crippen molar-refractivity contribution in [2.45, 2.75) is 31.5 Å². The van der Waals surface area contributed by atoms with Gasteiger partial charge in [-0.15, -0.1) is 0 Å². The van der Waals surface area contributed by atoms with E-state index in [9.17, 15) is 18.0 Å². The van der Waals surface area contributed by atoms with Gasteiger partial charge in [0.1, 0.15) is 30.9 Å². The van der Waals surface area contributed by atoms with E-state index in [1.54, 1.807) is 11.0 Å². The fourth-order valence-electron chi connectivity index (χ4n) is 3.64. The van der Waals surface area contributed by atoms with Crippen molar-refractivity contribution >= 4 is 17.4 Å². The predicted molar refractivity (Wildman–Crippen MR) is 97.9 cm³/mol. The highest BCUT2D eigenvalue weighted by molar-refractivity contribution is 6.10. The number of ether oxygens (including phenoxy) is 2. The van der Waals surface area contributed by atoms with E-state index >= 15 is 0 Å². The van der Waals surface area contributed by atoms with Gasteiger partial charge in [-0.3, -0.25) is 4.79 Å². The number of aromatic nitrogens is 2. The van der Waals surface area contributed by atoms with E-state index in [-0.39, 0.29) is 29.8 Å². The van der Waals surface area contributed by atoms with E-state index in [1.165, 1.54) is 6.33 Å². The van der Waals surface area contributed by atoms with Gasteiger partial charge in [0, 0.05) is 5.69 Å². The molecule has 1 aliphatic carbocycles. The smallest absolute Gasteiger partial charge is 0.411 e. The first kappa shape index (κ1) is 19.4. The molecule has 1 aromatic carbocycles. The number of nitrogen functional groups attached to an aromatic ring is 1. The lowest BCUT2D eigenvalue weighted by atomic mass is 9.89. The second-order valence-electron chi connectivity index (χ2n) is 6.99. The maximum absolute atomic E-state index is 13.0. The largest absolute Gasteiger partial charge is 0.475 e. The van der Waals surface area contributed by atoms with Crippen molar-refractivity contribution in [1.82, 2.24) is 9.97 Å². The van der Waals surface area contributed by atoms with Crippen LogP contribution in [0.2, 0.25) is 0 Å². The van der Waals surface area contributed by atoms with E-state index in [0.29, 0.717) is 31.5 Å². The van der Waals surface area contributed by atoms with Crippen LogP contribution < -0.4 is 15.4 Å². The number of hydrogen-bond acceptors (Lipinski definition) is 6. The Hall–Kier alpha value is -2.88. The molecule has 1 amide bonds. The number of nitrogens with zero attached hydrogens (tertiary/aromatic N) is 3. The number of aryl methyl sites for hydroxylation is 1. The molecule has 2 aromatic rings. The number of halogens is 3. The van der Waals surface area contributed by atoms with Gasteiger partial charge in [0.2, 0.25) is 5.88 Å². The summed E-state index contributed by atoms with van der Waals surface area (Å²) in [5.41, 5.74) is 8.57. The van der Waals surface area contributed by atoms with Crippen LogP contribution in [0.1, 0.15) is 27.9 Å². The fraction of sp³-hybridized carbons (Fsp3) is 0.421. The summed E-state index contributed by atoms with van der Waals surface area (Å²) in [6, 6.07) is 5.49. The zero-order valence-corrected chi connectivity index (χ0v) is 15.4. The van der Waals surface area contributed by atoms with E-state index in [2.05, 4.69) is 9.97 Å². The minimum Gasteiger partial charge on any atom is -0.475 e. The summed E-state index contributed by atoms with van der Waals surface area (Å²) in [6.45, 7) is -0.680. The lowest BCUT2D eigenvalue weighted by molar-refractivity contribution is -0.186. The third kappa shape index (κ3) is 4.12. The molecule has 0 unspecified atom stereocenters. The molecule has 1 aliphatic heterocycles. The average molecular weight is 408 g/mol. The molecule has 0 spiro atoms. The van der Waals surface area contributed by atoms with Crippen LogP contribution in [-0.2, 0) is 17.6 Å². The first-order valence-corrected chi connectivity index (χ1v) is 9.17. The summed E-state index contributed by atoms with van der Waals surface area (Å²) in [6.07, 6.45) is -2.08. The first-order valence-electron chi connectivity index (χ1n) is 9.17. The molecule has 0 saturated heterocycles. The second-order valence-corrected chi connectivity index (χ2v) is 6.99. The topological polar surface area (TPSA) is 90.6 Å². The number of rotatable bonds is 3. The maximum Gasteiger partial charge on any atom is 0.411 e. The van der Waals surface area contributed by atoms with Crippen molar-refractivity contribution in [1.29, 1.82) is 0 Å². The Bertz CT molecular complexity index is 935. The van der Waals surface area contributed by atoms with Crippen LogP contribution in [0.3, 0.4) is 0 Å². The van der Waals surface area contributed by atoms with Crippen molar-refractivity contribution in [3.05, 3.63) is 41.2 Å². The predicted octanol–water partition coefficient (Wildman–Crippen LogP) is 2.53. The molecular formula is C19H19F3N4O3. The van der Waals surface area contributed by atoms with E-state index in [0.717, 1.165) is 11.1 Å². The van der Waals surface area contributed by atoms with Crippen LogP contribution in [0.25, 0.3) is 0 Å². The maximum atomic E-state index is 13.0. The Morgan fingerprint density at radius 2 is 2.10 bits per heavy atom. The molecule has 0 radical (unpaired) electrons. The van der Waals surface area contributed by atoms with Gasteiger partial charge in [0.25, 0.3) is 5.91 Å². The lowest BCUT2D eigenvalue weighted by Gasteiger charge is -2.27. The highest BCUT2D eigenvalue weighted by atomic mass is 19.4. The normalized spacial score (nSPS) is 19.2. The lowest BCUT2D eigenvalue weighted by Crippen LogP contribution is -2.33. The van der Waals surface area contributed by atoms with Gasteiger partial charge in [0.15, 0.2) is 0 Å². The molecule has 10 heteroatoms. The van der Waals surface area contributed by atoms with Crippen LogP contribution in [0.15, 0.2) is 24.5 Å². The highest BCUT2D eigenvalue weighted by Gasteiger charge is 2.32. The summed E-state index contributed by atoms with van der Waals surface area (Å²) < 4.78 is 47.7. The highest BCUT2D eigenvalue weighted by Crippen LogP contribution is 2.31. The number of nitrogens with two attached hydrogens (primary N) is 1. The minimum absolute atomic E-state index is 0.0505. The molecule has 2 aliphatic rings. The zero-order valence-electron chi connectivity index (χ0n) is 15.4. The third-order valence-electron chi connectivity index (χ3n) is 5.02. The number of hydrogen-bond donors (Lipinski definition) is 1. The number of anilines is 2. The number of alkyl halides is 3. The monoisotopic (exact) mass is 408 g/mol. The van der Waals surface area contributed by atoms with Gasteiger partial charge < -0.3 is 20.1 Å². The molecule has 0 saturated carbocycles. The molecule has 2 N–H and O–H groups in total. The van der Waals surface area contributed by atoms with E-state index < -0.39 is 18.9 Å². The number of fused-ring (bicyclic) bond motifs is 2. The van der Waals surface area contributed by atoms with Crippen LogP contribution >= 0.6 is 0 Å². The minimum atomic E-state index is -4.33. The van der Waals surface area contributed by atoms with E-state index in [1.807, 2.05) is 12.1 Å². The summed E-state index contributed by atoms with van der Waals surface area (Å²) in [4.78, 5) is 22.4. The van der Waals surface area contributed by atoms with Gasteiger partial charge in [-0.2, -0.15) is 13.2 Å². The molecule has 1 aromatic heterocycles.